The lowest BCUT2D eigenvalue weighted by molar-refractivity contribution is -0.127. The molecule has 0 radical (unpaired) electrons. The maximum Gasteiger partial charge on any atom is 0.333 e. The van der Waals surface area contributed by atoms with Crippen molar-refractivity contribution in [2.75, 3.05) is 19.6 Å². The molecule has 1 saturated heterocycles. The summed E-state index contributed by atoms with van der Waals surface area (Å²) < 4.78 is 15.6. The van der Waals surface area contributed by atoms with Crippen LogP contribution in [0.5, 0.6) is 0 Å². The molecule has 3 aromatic rings. The first kappa shape index (κ1) is 20.6. The number of benzene rings is 1. The van der Waals surface area contributed by atoms with Gasteiger partial charge in [-0.1, -0.05) is 0 Å². The number of hydrogen-bond acceptors (Lipinski definition) is 4. The largest absolute Gasteiger partial charge is 0.352 e. The van der Waals surface area contributed by atoms with Gasteiger partial charge in [0.2, 0.25) is 5.91 Å². The van der Waals surface area contributed by atoms with Gasteiger partial charge in [0.15, 0.2) is 0 Å². The van der Waals surface area contributed by atoms with Crippen molar-refractivity contribution in [2.24, 2.45) is 7.05 Å². The number of aryl methyl sites for hydroxylation is 1. The molecule has 0 aliphatic carbocycles. The van der Waals surface area contributed by atoms with Gasteiger partial charge in [-0.2, -0.15) is 0 Å². The predicted octanol–water partition coefficient (Wildman–Crippen LogP) is 0.899. The number of likely N-dealkylation sites (tertiary alicyclic amines) is 1. The number of hydrogen-bond donors (Lipinski definition) is 2. The first-order valence-electron chi connectivity index (χ1n) is 10.0. The Kier molecular flexibility index (Phi) is 5.45. The minimum atomic E-state index is -0.725. The Morgan fingerprint density at radius 1 is 1.19 bits per heavy atom. The van der Waals surface area contributed by atoms with Crippen LogP contribution in [0.4, 0.5) is 4.39 Å². The molecular weight excluding hydrogens is 405 g/mol. The Hall–Kier alpha value is -3.69. The smallest absolute Gasteiger partial charge is 0.333 e. The molecule has 0 unspecified atom stereocenters. The fourth-order valence-corrected chi connectivity index (χ4v) is 3.88. The van der Waals surface area contributed by atoms with E-state index in [1.165, 1.54) is 22.9 Å². The molecule has 10 heteroatoms. The van der Waals surface area contributed by atoms with Gasteiger partial charge in [-0.15, -0.1) is 0 Å². The first-order chi connectivity index (χ1) is 14.9. The minimum Gasteiger partial charge on any atom is -0.352 e. The summed E-state index contributed by atoms with van der Waals surface area (Å²) in [5, 5.41) is 2.77. The molecule has 1 aliphatic rings. The van der Waals surface area contributed by atoms with Crippen molar-refractivity contribution < 1.29 is 14.0 Å². The van der Waals surface area contributed by atoms with Crippen LogP contribution in [0.1, 0.15) is 29.6 Å². The Balaban J connectivity index is 1.57. The standard InChI is InChI=1S/C21H22FN5O4/c1-25-12-15(19(29)23-9-3-11-26-10-2-4-16(26)28)17-18(25)20(30)27(21(31)24-17)14-7-5-13(22)6-8-14/h5-8,12H,2-4,9-11H2,1H3,(H,23,29)(H,24,31). The number of nitrogens with zero attached hydrogens (tertiary/aromatic N) is 3. The number of aromatic nitrogens is 3. The summed E-state index contributed by atoms with van der Waals surface area (Å²) >= 11 is 0. The number of nitrogens with one attached hydrogen (secondary N) is 2. The van der Waals surface area contributed by atoms with Gasteiger partial charge in [0.25, 0.3) is 11.5 Å². The Bertz CT molecular complexity index is 1270. The molecule has 0 atom stereocenters. The van der Waals surface area contributed by atoms with Gasteiger partial charge in [0, 0.05) is 39.3 Å². The van der Waals surface area contributed by atoms with Gasteiger partial charge in [-0.3, -0.25) is 14.4 Å². The summed E-state index contributed by atoms with van der Waals surface area (Å²) in [6.45, 7) is 1.68. The maximum atomic E-state index is 13.2. The van der Waals surface area contributed by atoms with Gasteiger partial charge < -0.3 is 19.8 Å². The van der Waals surface area contributed by atoms with Gasteiger partial charge in [-0.05, 0) is 37.1 Å². The SMILES string of the molecule is Cn1cc(C(=O)NCCCN2CCCC2=O)c2[nH]c(=O)n(-c3ccc(F)cc3)c(=O)c21. The summed E-state index contributed by atoms with van der Waals surface area (Å²) in [6.07, 6.45) is 3.53. The maximum absolute atomic E-state index is 13.2. The average molecular weight is 427 g/mol. The van der Waals surface area contributed by atoms with E-state index in [2.05, 4.69) is 10.3 Å². The average Bonchev–Trinajstić information content (AvgIpc) is 3.29. The van der Waals surface area contributed by atoms with Crippen LogP contribution in [0.25, 0.3) is 16.7 Å². The zero-order valence-electron chi connectivity index (χ0n) is 17.0. The van der Waals surface area contributed by atoms with Crippen molar-refractivity contribution >= 4 is 22.8 Å². The third-order valence-electron chi connectivity index (χ3n) is 5.41. The predicted molar refractivity (Wildman–Crippen MR) is 112 cm³/mol. The lowest BCUT2D eigenvalue weighted by atomic mass is 10.2. The van der Waals surface area contributed by atoms with Crippen LogP contribution in [0.2, 0.25) is 0 Å². The molecule has 1 aliphatic heterocycles. The van der Waals surface area contributed by atoms with Crippen molar-refractivity contribution in [3.05, 3.63) is 62.7 Å². The Labute approximate surface area is 176 Å². The van der Waals surface area contributed by atoms with E-state index in [1.807, 2.05) is 0 Å². The zero-order valence-corrected chi connectivity index (χ0v) is 17.0. The number of H-pyrrole nitrogens is 1. The van der Waals surface area contributed by atoms with Crippen LogP contribution in [-0.2, 0) is 11.8 Å². The molecule has 2 amide bonds. The number of carbonyl (C=O) groups is 2. The Morgan fingerprint density at radius 2 is 1.94 bits per heavy atom. The molecule has 2 aromatic heterocycles. The number of rotatable bonds is 6. The van der Waals surface area contributed by atoms with Crippen molar-refractivity contribution in [1.82, 2.24) is 24.3 Å². The first-order valence-corrected chi connectivity index (χ1v) is 10.0. The van der Waals surface area contributed by atoms with Gasteiger partial charge in [0.1, 0.15) is 11.3 Å². The van der Waals surface area contributed by atoms with Gasteiger partial charge in [-0.25, -0.2) is 13.8 Å². The molecule has 0 spiro atoms. The topological polar surface area (TPSA) is 109 Å². The van der Waals surface area contributed by atoms with Crippen molar-refractivity contribution in [2.45, 2.75) is 19.3 Å². The van der Waals surface area contributed by atoms with Crippen molar-refractivity contribution in [3.63, 3.8) is 0 Å². The molecule has 4 rings (SSSR count). The summed E-state index contributed by atoms with van der Waals surface area (Å²) in [6, 6.07) is 4.98. The fraction of sp³-hybridized carbons (Fsp3) is 0.333. The van der Waals surface area contributed by atoms with E-state index in [0.717, 1.165) is 29.7 Å². The quantitative estimate of drug-likeness (QED) is 0.570. The monoisotopic (exact) mass is 427 g/mol. The lowest BCUT2D eigenvalue weighted by Crippen LogP contribution is -2.34. The van der Waals surface area contributed by atoms with Crippen molar-refractivity contribution in [1.29, 1.82) is 0 Å². The molecule has 0 saturated carbocycles. The molecule has 1 fully saturated rings. The van der Waals surface area contributed by atoms with E-state index in [9.17, 15) is 23.6 Å². The molecule has 0 bridgehead atoms. The zero-order chi connectivity index (χ0) is 22.1. The van der Waals surface area contributed by atoms with Crippen LogP contribution in [0.15, 0.2) is 40.1 Å². The second-order valence-corrected chi connectivity index (χ2v) is 7.52. The molecular formula is C21H22FN5O4. The summed E-state index contributed by atoms with van der Waals surface area (Å²) in [5.74, 6) is -0.774. The summed E-state index contributed by atoms with van der Waals surface area (Å²) in [7, 11) is 1.60. The van der Waals surface area contributed by atoms with Crippen LogP contribution < -0.4 is 16.6 Å². The molecule has 31 heavy (non-hydrogen) atoms. The number of carbonyl (C=O) groups excluding carboxylic acids is 2. The molecule has 3 heterocycles. The highest BCUT2D eigenvalue weighted by Gasteiger charge is 2.21. The van der Waals surface area contributed by atoms with E-state index in [0.29, 0.717) is 25.9 Å². The summed E-state index contributed by atoms with van der Waals surface area (Å²) in [5.41, 5.74) is -0.649. The van der Waals surface area contributed by atoms with E-state index in [-0.39, 0.29) is 28.2 Å². The van der Waals surface area contributed by atoms with E-state index >= 15 is 0 Å². The number of aromatic amines is 1. The third kappa shape index (κ3) is 3.88. The number of halogens is 1. The number of amides is 2. The van der Waals surface area contributed by atoms with Crippen LogP contribution in [0, 0.1) is 5.82 Å². The molecule has 162 valence electrons. The Morgan fingerprint density at radius 3 is 2.61 bits per heavy atom. The van der Waals surface area contributed by atoms with Crippen LogP contribution in [-0.4, -0.2) is 50.5 Å². The van der Waals surface area contributed by atoms with E-state index < -0.39 is 23.0 Å². The van der Waals surface area contributed by atoms with E-state index in [1.54, 1.807) is 11.9 Å². The van der Waals surface area contributed by atoms with Gasteiger partial charge in [0.05, 0.1) is 16.8 Å². The van der Waals surface area contributed by atoms with Crippen LogP contribution in [0.3, 0.4) is 0 Å². The van der Waals surface area contributed by atoms with Crippen LogP contribution >= 0.6 is 0 Å². The fourth-order valence-electron chi connectivity index (χ4n) is 3.88. The molecule has 9 nitrogen and oxygen atoms in total. The minimum absolute atomic E-state index is 0.135. The summed E-state index contributed by atoms with van der Waals surface area (Å²) in [4.78, 5) is 54.3. The third-order valence-corrected chi connectivity index (χ3v) is 5.41. The molecule has 2 N–H and O–H groups in total. The molecule has 1 aromatic carbocycles. The second-order valence-electron chi connectivity index (χ2n) is 7.52. The van der Waals surface area contributed by atoms with Crippen molar-refractivity contribution in [3.8, 4) is 5.69 Å². The van der Waals surface area contributed by atoms with E-state index in [4.69, 9.17) is 0 Å². The highest BCUT2D eigenvalue weighted by Crippen LogP contribution is 2.15. The second kappa shape index (κ2) is 8.21. The highest BCUT2D eigenvalue weighted by atomic mass is 19.1. The lowest BCUT2D eigenvalue weighted by Gasteiger charge is -2.15. The van der Waals surface area contributed by atoms with Gasteiger partial charge >= 0.3 is 5.69 Å². The normalized spacial score (nSPS) is 13.9. The number of fused-ring (bicyclic) bond motifs is 1. The highest BCUT2D eigenvalue weighted by molar-refractivity contribution is 6.05.